The molecule has 7 nitrogen and oxygen atoms in total. The maximum Gasteiger partial charge on any atom is 0.265 e. The number of carbonyl (C=O) groups excluding carboxylic acids is 2. The lowest BCUT2D eigenvalue weighted by Crippen LogP contribution is -2.37. The Labute approximate surface area is 128 Å². The zero-order valence-corrected chi connectivity index (χ0v) is 12.6. The number of hydrogen-bond acceptors (Lipinski definition) is 5. The molecule has 2 aliphatic rings. The topological polar surface area (TPSA) is 91.5 Å². The van der Waals surface area contributed by atoms with Crippen molar-refractivity contribution in [1.29, 1.82) is 0 Å². The number of ether oxygens (including phenoxy) is 1. The van der Waals surface area contributed by atoms with Gasteiger partial charge in [0.05, 0.1) is 11.3 Å². The molecule has 1 aromatic carbocycles. The highest BCUT2D eigenvalue weighted by atomic mass is 16.5. The first-order chi connectivity index (χ1) is 10.6. The summed E-state index contributed by atoms with van der Waals surface area (Å²) in [6.07, 6.45) is -0.607. The van der Waals surface area contributed by atoms with Gasteiger partial charge >= 0.3 is 0 Å². The van der Waals surface area contributed by atoms with Gasteiger partial charge < -0.3 is 15.4 Å². The first-order valence-electron chi connectivity index (χ1n) is 7.43. The van der Waals surface area contributed by atoms with Crippen molar-refractivity contribution in [3.63, 3.8) is 0 Å². The van der Waals surface area contributed by atoms with E-state index in [1.807, 2.05) is 0 Å². The molecule has 1 fully saturated rings. The second-order valence-electron chi connectivity index (χ2n) is 5.72. The van der Waals surface area contributed by atoms with Crippen LogP contribution in [0.1, 0.15) is 24.2 Å². The number of amides is 2. The van der Waals surface area contributed by atoms with E-state index in [1.165, 1.54) is 0 Å². The molecule has 7 heteroatoms. The second kappa shape index (κ2) is 5.94. The van der Waals surface area contributed by atoms with Crippen molar-refractivity contribution in [3.05, 3.63) is 23.8 Å². The number of hydrogen-bond donors (Lipinski definition) is 4. The first kappa shape index (κ1) is 14.8. The Morgan fingerprint density at radius 1 is 1.41 bits per heavy atom. The van der Waals surface area contributed by atoms with Crippen LogP contribution in [0, 0.1) is 5.92 Å². The molecule has 2 amide bonds. The summed E-state index contributed by atoms with van der Waals surface area (Å²) < 4.78 is 5.59. The highest BCUT2D eigenvalue weighted by Crippen LogP contribution is 2.33. The molecule has 3 unspecified atom stereocenters. The quantitative estimate of drug-likeness (QED) is 0.642. The lowest BCUT2D eigenvalue weighted by atomic mass is 10.0. The van der Waals surface area contributed by atoms with Crippen LogP contribution in [0.2, 0.25) is 0 Å². The Bertz CT molecular complexity index is 604. The van der Waals surface area contributed by atoms with E-state index in [4.69, 9.17) is 4.74 Å². The van der Waals surface area contributed by atoms with E-state index in [-0.39, 0.29) is 11.8 Å². The van der Waals surface area contributed by atoms with Gasteiger partial charge in [0.25, 0.3) is 11.8 Å². The van der Waals surface area contributed by atoms with Crippen molar-refractivity contribution < 1.29 is 14.3 Å². The molecule has 1 saturated heterocycles. The zero-order valence-electron chi connectivity index (χ0n) is 12.6. The number of rotatable bonds is 3. The lowest BCUT2D eigenvalue weighted by molar-refractivity contribution is -0.122. The molecule has 2 aliphatic heterocycles. The van der Waals surface area contributed by atoms with Gasteiger partial charge in [-0.2, -0.15) is 0 Å². The monoisotopic (exact) mass is 304 g/mol. The number of hydrazine groups is 1. The molecule has 4 N–H and O–H groups in total. The highest BCUT2D eigenvalue weighted by Gasteiger charge is 2.28. The Morgan fingerprint density at radius 3 is 2.95 bits per heavy atom. The van der Waals surface area contributed by atoms with E-state index in [1.54, 1.807) is 25.1 Å². The minimum Gasteiger partial charge on any atom is -0.478 e. The van der Waals surface area contributed by atoms with Gasteiger partial charge in [0.15, 0.2) is 11.9 Å². The van der Waals surface area contributed by atoms with E-state index >= 15 is 0 Å². The second-order valence-corrected chi connectivity index (χ2v) is 5.72. The van der Waals surface area contributed by atoms with Gasteiger partial charge in [-0.1, -0.05) is 6.07 Å². The van der Waals surface area contributed by atoms with Crippen LogP contribution in [-0.4, -0.2) is 37.0 Å². The maximum atomic E-state index is 12.4. The highest BCUT2D eigenvalue weighted by molar-refractivity contribution is 6.03. The Hall–Kier alpha value is -2.12. The molecule has 1 aromatic rings. The van der Waals surface area contributed by atoms with Crippen molar-refractivity contribution in [2.75, 3.05) is 18.4 Å². The average molecular weight is 304 g/mol. The summed E-state index contributed by atoms with van der Waals surface area (Å²) in [7, 11) is 0. The van der Waals surface area contributed by atoms with Crippen LogP contribution < -0.4 is 26.2 Å². The molecule has 0 aromatic heterocycles. The summed E-state index contributed by atoms with van der Waals surface area (Å²) in [5, 5.41) is 5.68. The van der Waals surface area contributed by atoms with E-state index in [0.717, 1.165) is 6.54 Å². The van der Waals surface area contributed by atoms with E-state index in [2.05, 4.69) is 28.4 Å². The zero-order chi connectivity index (χ0) is 15.7. The fourth-order valence-corrected chi connectivity index (χ4v) is 2.62. The van der Waals surface area contributed by atoms with E-state index in [9.17, 15) is 9.59 Å². The van der Waals surface area contributed by atoms with Gasteiger partial charge in [-0.05, 0) is 26.0 Å². The van der Waals surface area contributed by atoms with E-state index < -0.39 is 6.10 Å². The molecule has 0 bridgehead atoms. The third kappa shape index (κ3) is 2.77. The number of nitrogens with one attached hydrogen (secondary N) is 4. The minimum atomic E-state index is -0.607. The largest absolute Gasteiger partial charge is 0.478 e. The SMILES string of the molecule is CC1Oc2c(cccc2C(=O)NCC2CNNC2C)NC1=O. The molecular weight excluding hydrogens is 284 g/mol. The molecule has 0 aliphatic carbocycles. The van der Waals surface area contributed by atoms with Gasteiger partial charge in [-0.3, -0.25) is 20.4 Å². The lowest BCUT2D eigenvalue weighted by Gasteiger charge is -2.25. The Balaban J connectivity index is 1.73. The summed E-state index contributed by atoms with van der Waals surface area (Å²) in [6.45, 7) is 5.12. The first-order valence-corrected chi connectivity index (χ1v) is 7.43. The molecule has 118 valence electrons. The van der Waals surface area contributed by atoms with Crippen molar-refractivity contribution in [2.45, 2.75) is 26.0 Å². The predicted molar refractivity (Wildman–Crippen MR) is 81.6 cm³/mol. The van der Waals surface area contributed by atoms with Crippen LogP contribution in [0.5, 0.6) is 5.75 Å². The van der Waals surface area contributed by atoms with Crippen LogP contribution >= 0.6 is 0 Å². The predicted octanol–water partition coefficient (Wildman–Crippen LogP) is 0.248. The average Bonchev–Trinajstić information content (AvgIpc) is 2.91. The van der Waals surface area contributed by atoms with Gasteiger partial charge in [-0.15, -0.1) is 0 Å². The summed E-state index contributed by atoms with van der Waals surface area (Å²) in [5.41, 5.74) is 7.17. The number of fused-ring (bicyclic) bond motifs is 1. The fraction of sp³-hybridized carbons (Fsp3) is 0.467. The molecular formula is C15H20N4O3. The number of para-hydroxylation sites is 1. The summed E-state index contributed by atoms with van der Waals surface area (Å²) in [5.74, 6) is 0.368. The molecule has 3 rings (SSSR count). The summed E-state index contributed by atoms with van der Waals surface area (Å²) in [4.78, 5) is 24.0. The van der Waals surface area contributed by atoms with Gasteiger partial charge in [0, 0.05) is 25.0 Å². The molecule has 2 heterocycles. The Kier molecular flexibility index (Phi) is 4.00. The van der Waals surface area contributed by atoms with Crippen LogP contribution in [0.25, 0.3) is 0 Å². The molecule has 0 spiro atoms. The third-order valence-electron chi connectivity index (χ3n) is 4.11. The fourth-order valence-electron chi connectivity index (χ4n) is 2.62. The van der Waals surface area contributed by atoms with Crippen LogP contribution in [0.15, 0.2) is 18.2 Å². The van der Waals surface area contributed by atoms with E-state index in [0.29, 0.717) is 35.5 Å². The smallest absolute Gasteiger partial charge is 0.265 e. The molecule has 0 saturated carbocycles. The number of benzene rings is 1. The van der Waals surface area contributed by atoms with Crippen LogP contribution in [-0.2, 0) is 4.79 Å². The van der Waals surface area contributed by atoms with Gasteiger partial charge in [0.1, 0.15) is 0 Å². The van der Waals surface area contributed by atoms with Gasteiger partial charge in [0.2, 0.25) is 0 Å². The van der Waals surface area contributed by atoms with Crippen LogP contribution in [0.3, 0.4) is 0 Å². The van der Waals surface area contributed by atoms with Crippen molar-refractivity contribution >= 4 is 17.5 Å². The minimum absolute atomic E-state index is 0.195. The molecule has 0 radical (unpaired) electrons. The summed E-state index contributed by atoms with van der Waals surface area (Å²) in [6, 6.07) is 5.46. The van der Waals surface area contributed by atoms with Crippen LogP contribution in [0.4, 0.5) is 5.69 Å². The molecule has 3 atom stereocenters. The van der Waals surface area contributed by atoms with Crippen molar-refractivity contribution in [2.24, 2.45) is 5.92 Å². The van der Waals surface area contributed by atoms with Crippen molar-refractivity contribution in [3.8, 4) is 5.75 Å². The maximum absolute atomic E-state index is 12.4. The standard InChI is InChI=1S/C15H20N4O3/c1-8-10(7-17-19-8)6-16-15(21)11-4-3-5-12-13(11)22-9(2)14(20)18-12/h3-5,8-10,17,19H,6-7H2,1-2H3,(H,16,21)(H,18,20). The third-order valence-corrected chi connectivity index (χ3v) is 4.11. The summed E-state index contributed by atoms with van der Waals surface area (Å²) >= 11 is 0. The van der Waals surface area contributed by atoms with Gasteiger partial charge in [-0.25, -0.2) is 0 Å². The molecule has 22 heavy (non-hydrogen) atoms. The number of carbonyl (C=O) groups is 2. The van der Waals surface area contributed by atoms with Crippen molar-refractivity contribution in [1.82, 2.24) is 16.2 Å². The number of anilines is 1. The normalized spacial score (nSPS) is 26.8. The Morgan fingerprint density at radius 2 is 2.23 bits per heavy atom.